The van der Waals surface area contributed by atoms with Gasteiger partial charge in [-0.3, -0.25) is 4.90 Å². The van der Waals surface area contributed by atoms with E-state index in [2.05, 4.69) is 32.6 Å². The van der Waals surface area contributed by atoms with Gasteiger partial charge in [-0.2, -0.15) is 0 Å². The maximum Gasteiger partial charge on any atom is 0.0678 e. The summed E-state index contributed by atoms with van der Waals surface area (Å²) in [7, 11) is 1.29. The predicted molar refractivity (Wildman–Crippen MR) is 65.0 cm³/mol. The molecule has 2 unspecified atom stereocenters. The van der Waals surface area contributed by atoms with Gasteiger partial charge in [0.1, 0.15) is 0 Å². The molecule has 0 amide bonds. The van der Waals surface area contributed by atoms with E-state index in [0.717, 1.165) is 13.1 Å². The average Bonchev–Trinajstić information content (AvgIpc) is 1.97. The Morgan fingerprint density at radius 3 is 2.21 bits per heavy atom. The van der Waals surface area contributed by atoms with Crippen LogP contribution in [0.4, 0.5) is 0 Å². The molecule has 1 rings (SSSR count). The molecule has 0 radical (unpaired) electrons. The molecule has 0 aromatic carbocycles. The number of hydrogen-bond donors (Lipinski definition) is 0. The number of morpholine rings is 1. The Bertz CT molecular complexity index is 169. The number of nitrogens with zero attached hydrogens (tertiary/aromatic N) is 1. The highest BCUT2D eigenvalue weighted by Gasteiger charge is 2.23. The molecule has 0 saturated carbocycles. The van der Waals surface area contributed by atoms with Gasteiger partial charge in [0.05, 0.1) is 12.2 Å². The first-order valence-corrected chi connectivity index (χ1v) is 6.74. The summed E-state index contributed by atoms with van der Waals surface area (Å²) in [5, 5.41) is 0.588. The Morgan fingerprint density at radius 1 is 1.29 bits per heavy atom. The van der Waals surface area contributed by atoms with Crippen molar-refractivity contribution in [1.29, 1.82) is 0 Å². The van der Waals surface area contributed by atoms with Crippen molar-refractivity contribution in [2.75, 3.05) is 19.6 Å². The summed E-state index contributed by atoms with van der Waals surface area (Å²) in [5.41, 5.74) is 0. The second kappa shape index (κ2) is 4.77. The zero-order valence-electron chi connectivity index (χ0n) is 10.3. The monoisotopic (exact) mass is 215 g/mol. The van der Waals surface area contributed by atoms with Crippen LogP contribution in [0.1, 0.15) is 34.1 Å². The van der Waals surface area contributed by atoms with Crippen LogP contribution in [0.25, 0.3) is 0 Å². The summed E-state index contributed by atoms with van der Waals surface area (Å²) in [6.07, 6.45) is 2.16. The molecular formula is C11H25NOSi. The molecule has 0 aromatic heterocycles. The van der Waals surface area contributed by atoms with Crippen LogP contribution in [0.2, 0.25) is 5.04 Å². The van der Waals surface area contributed by atoms with E-state index in [1.54, 1.807) is 0 Å². The number of hydrogen-bond acceptors (Lipinski definition) is 2. The first kappa shape index (κ1) is 12.2. The molecule has 1 fully saturated rings. The molecule has 0 aromatic rings. The van der Waals surface area contributed by atoms with E-state index >= 15 is 0 Å². The molecule has 0 aliphatic carbocycles. The summed E-state index contributed by atoms with van der Waals surface area (Å²) in [5.74, 6) is 0. The molecule has 14 heavy (non-hydrogen) atoms. The van der Waals surface area contributed by atoms with Crippen LogP contribution >= 0.6 is 0 Å². The second-order valence-corrected chi connectivity index (χ2v) is 8.53. The molecular weight excluding hydrogens is 190 g/mol. The van der Waals surface area contributed by atoms with Crippen LogP contribution in [0.15, 0.2) is 0 Å². The van der Waals surface area contributed by atoms with Crippen LogP contribution in [0, 0.1) is 0 Å². The van der Waals surface area contributed by atoms with Gasteiger partial charge in [-0.25, -0.2) is 0 Å². The normalized spacial score (nSPS) is 30.9. The Morgan fingerprint density at radius 2 is 1.79 bits per heavy atom. The van der Waals surface area contributed by atoms with Gasteiger partial charge in [0.25, 0.3) is 0 Å². The minimum absolute atomic E-state index is 0.413. The molecule has 1 aliphatic rings. The Labute approximate surface area is 91.4 Å². The second-order valence-electron chi connectivity index (χ2n) is 5.83. The minimum atomic E-state index is 0.413. The fourth-order valence-electron chi connectivity index (χ4n) is 1.96. The van der Waals surface area contributed by atoms with Crippen LogP contribution in [-0.4, -0.2) is 47.0 Å². The number of ether oxygens (including phenoxy) is 1. The van der Waals surface area contributed by atoms with Gasteiger partial charge in [-0.05, 0) is 31.9 Å². The van der Waals surface area contributed by atoms with E-state index in [0.29, 0.717) is 17.2 Å². The van der Waals surface area contributed by atoms with Gasteiger partial charge in [0.2, 0.25) is 0 Å². The third-order valence-electron chi connectivity index (χ3n) is 2.67. The largest absolute Gasteiger partial charge is 0.373 e. The number of rotatable bonds is 3. The smallest absolute Gasteiger partial charge is 0.0678 e. The molecule has 2 atom stereocenters. The van der Waals surface area contributed by atoms with Crippen molar-refractivity contribution in [2.24, 2.45) is 0 Å². The minimum Gasteiger partial charge on any atom is -0.373 e. The van der Waals surface area contributed by atoms with Gasteiger partial charge in [-0.15, -0.1) is 0 Å². The topological polar surface area (TPSA) is 12.5 Å². The summed E-state index contributed by atoms with van der Waals surface area (Å²) in [6.45, 7) is 12.6. The van der Waals surface area contributed by atoms with Gasteiger partial charge < -0.3 is 4.74 Å². The Hall–Kier alpha value is 0.137. The zero-order chi connectivity index (χ0) is 10.8. The van der Waals surface area contributed by atoms with Crippen molar-refractivity contribution in [3.63, 3.8) is 0 Å². The Kier molecular flexibility index (Phi) is 4.16. The molecule has 1 heterocycles. The lowest BCUT2D eigenvalue weighted by atomic mass is 10.1. The average molecular weight is 215 g/mol. The van der Waals surface area contributed by atoms with Crippen LogP contribution in [0.3, 0.4) is 0 Å². The van der Waals surface area contributed by atoms with Crippen molar-refractivity contribution in [2.45, 2.75) is 51.4 Å². The van der Waals surface area contributed by atoms with Crippen molar-refractivity contribution in [3.05, 3.63) is 0 Å². The van der Waals surface area contributed by atoms with E-state index in [1.165, 1.54) is 23.2 Å². The summed E-state index contributed by atoms with van der Waals surface area (Å²) >= 11 is 0. The fourth-order valence-corrected chi connectivity index (χ4v) is 2.18. The summed E-state index contributed by atoms with van der Waals surface area (Å²) < 4.78 is 5.72. The lowest BCUT2D eigenvalue weighted by Gasteiger charge is -2.36. The van der Waals surface area contributed by atoms with E-state index < -0.39 is 0 Å². The molecule has 1 aliphatic heterocycles. The highest BCUT2D eigenvalue weighted by molar-refractivity contribution is 6.14. The van der Waals surface area contributed by atoms with E-state index in [-0.39, 0.29) is 0 Å². The van der Waals surface area contributed by atoms with Crippen LogP contribution in [-0.2, 0) is 4.74 Å². The van der Waals surface area contributed by atoms with Crippen LogP contribution < -0.4 is 0 Å². The molecule has 84 valence electrons. The van der Waals surface area contributed by atoms with Gasteiger partial charge in [-0.1, -0.05) is 13.8 Å². The third-order valence-corrected chi connectivity index (χ3v) is 3.17. The molecule has 0 N–H and O–H groups in total. The highest BCUT2D eigenvalue weighted by atomic mass is 28.1. The van der Waals surface area contributed by atoms with E-state index in [1.807, 2.05) is 0 Å². The molecule has 1 saturated heterocycles. The highest BCUT2D eigenvalue weighted by Crippen LogP contribution is 2.24. The summed E-state index contributed by atoms with van der Waals surface area (Å²) in [6, 6.07) is 0. The molecule has 0 bridgehead atoms. The quantitative estimate of drug-likeness (QED) is 0.653. The van der Waals surface area contributed by atoms with Crippen molar-refractivity contribution in [3.8, 4) is 0 Å². The third kappa shape index (κ3) is 4.58. The van der Waals surface area contributed by atoms with Crippen molar-refractivity contribution >= 4 is 10.2 Å². The van der Waals surface area contributed by atoms with E-state index in [4.69, 9.17) is 4.74 Å². The maximum atomic E-state index is 5.72. The van der Waals surface area contributed by atoms with Crippen molar-refractivity contribution in [1.82, 2.24) is 4.90 Å². The van der Waals surface area contributed by atoms with Gasteiger partial charge >= 0.3 is 0 Å². The van der Waals surface area contributed by atoms with Crippen molar-refractivity contribution < 1.29 is 4.74 Å². The van der Waals surface area contributed by atoms with Gasteiger partial charge in [0.15, 0.2) is 0 Å². The lowest BCUT2D eigenvalue weighted by molar-refractivity contribution is -0.0685. The van der Waals surface area contributed by atoms with E-state index in [9.17, 15) is 0 Å². The zero-order valence-corrected chi connectivity index (χ0v) is 12.3. The SMILES string of the molecule is CC1CN(CCC(C)(C)[SiH3])CC(C)O1. The maximum absolute atomic E-state index is 5.72. The Balaban J connectivity index is 2.30. The summed E-state index contributed by atoms with van der Waals surface area (Å²) in [4.78, 5) is 2.55. The fraction of sp³-hybridized carbons (Fsp3) is 1.00. The predicted octanol–water partition coefficient (Wildman–Crippen LogP) is 1.05. The first-order valence-electron chi connectivity index (χ1n) is 5.74. The lowest BCUT2D eigenvalue weighted by Crippen LogP contribution is -2.46. The molecule has 2 nitrogen and oxygen atoms in total. The molecule has 3 heteroatoms. The van der Waals surface area contributed by atoms with Gasteiger partial charge in [0, 0.05) is 23.3 Å². The molecule has 0 spiro atoms. The standard InChI is InChI=1S/C11H25NOSi/c1-9-7-12(8-10(2)13-9)6-5-11(3,4)14/h9-10H,5-8H2,1-4,14H3. The first-order chi connectivity index (χ1) is 6.37. The van der Waals surface area contributed by atoms with Crippen LogP contribution in [0.5, 0.6) is 0 Å².